The van der Waals surface area contributed by atoms with E-state index >= 15 is 0 Å². The van der Waals surface area contributed by atoms with Gasteiger partial charge in [-0.25, -0.2) is 0 Å². The summed E-state index contributed by atoms with van der Waals surface area (Å²) in [6.45, 7) is 0. The summed E-state index contributed by atoms with van der Waals surface area (Å²) >= 11 is 7.42. The van der Waals surface area contributed by atoms with E-state index in [9.17, 15) is 0 Å². The average Bonchev–Trinajstić information content (AvgIpc) is 0.811. The first-order chi connectivity index (χ1) is 1.73. The van der Waals surface area contributed by atoms with E-state index in [1.165, 1.54) is 0 Å². The van der Waals surface area contributed by atoms with E-state index in [1.54, 1.807) is 0 Å². The molecule has 39 valence electrons. The second kappa shape index (κ2) is 6.88. The van der Waals surface area contributed by atoms with Gasteiger partial charge in [-0.2, -0.15) is 0 Å². The van der Waals surface area contributed by atoms with Crippen molar-refractivity contribution in [3.63, 3.8) is 0 Å². The number of hydrogen-bond donors (Lipinski definition) is 0. The van der Waals surface area contributed by atoms with Crippen LogP contribution in [0.25, 0.3) is 0 Å². The van der Waals surface area contributed by atoms with Gasteiger partial charge in [0.1, 0.15) is 0 Å². The topological polar surface area (TPSA) is 0 Å². The van der Waals surface area contributed by atoms with Gasteiger partial charge in [0.25, 0.3) is 0 Å². The van der Waals surface area contributed by atoms with Gasteiger partial charge in [0.05, 0.1) is 0 Å². The standard InChI is InChI=1S/CH3.3HI.Pt/h1H3;3*1H;/q-1;;;;+3/p-3. The number of hydrogen-bond acceptors (Lipinski definition) is 0. The van der Waals surface area contributed by atoms with Crippen LogP contribution in [-0.2, 0) is 6.27 Å². The zero-order chi connectivity index (χ0) is 3.58. The van der Waals surface area contributed by atoms with Gasteiger partial charge in [0, 0.05) is 0 Å². The van der Waals surface area contributed by atoms with Crippen LogP contribution in [0, 0.1) is 7.43 Å². The van der Waals surface area contributed by atoms with Crippen LogP contribution in [0.1, 0.15) is 0 Å². The van der Waals surface area contributed by atoms with Crippen LogP contribution < -0.4 is 0 Å². The molecule has 0 aliphatic heterocycles. The summed E-state index contributed by atoms with van der Waals surface area (Å²) in [4.78, 5) is 0. The molecule has 0 atom stereocenters. The molecule has 0 aromatic carbocycles. The maximum absolute atomic E-state index is 2.47. The van der Waals surface area contributed by atoms with Crippen LogP contribution in [0.2, 0.25) is 0 Å². The van der Waals surface area contributed by atoms with E-state index in [0.29, 0.717) is 0 Å². The average molecular weight is 591 g/mol. The Hall–Kier alpha value is 2.88. The minimum absolute atomic E-state index is 0. The molecule has 0 aromatic heterocycles. The Kier molecular flexibility index (Phi) is 14.8. The Morgan fingerprint density at radius 1 is 1.00 bits per heavy atom. The van der Waals surface area contributed by atoms with E-state index in [-0.39, 0.29) is 13.7 Å². The van der Waals surface area contributed by atoms with Crippen LogP contribution in [0.4, 0.5) is 0 Å². The predicted octanol–water partition coefficient (Wildman–Crippen LogP) is 3.10. The second-order valence-corrected chi connectivity index (χ2v) is 49.9. The van der Waals surface area contributed by atoms with Gasteiger partial charge in [-0.3, -0.25) is 0 Å². The number of rotatable bonds is 0. The number of halogens is 3. The van der Waals surface area contributed by atoms with Gasteiger partial charge in [-0.05, 0) is 0 Å². The molecule has 4 heteroatoms. The molecule has 0 aliphatic carbocycles. The van der Waals surface area contributed by atoms with Crippen molar-refractivity contribution >= 4 is 58.1 Å². The van der Waals surface area contributed by atoms with Crippen molar-refractivity contribution in [1.82, 2.24) is 0 Å². The molecule has 0 fully saturated rings. The molecule has 0 N–H and O–H groups in total. The van der Waals surface area contributed by atoms with Crippen molar-refractivity contribution in [2.45, 2.75) is 0 Å². The van der Waals surface area contributed by atoms with E-state index < -0.39 is 0 Å². The van der Waals surface area contributed by atoms with E-state index in [0.717, 1.165) is 0 Å². The zero-order valence-electron chi connectivity index (χ0n) is 2.45. The van der Waals surface area contributed by atoms with Crippen LogP contribution in [0.5, 0.6) is 0 Å². The molecular weight excluding hydrogens is 588 g/mol. The molecular formula is CH3I3Pt-. The molecule has 0 spiro atoms. The molecule has 0 unspecified atom stereocenters. The van der Waals surface area contributed by atoms with Crippen LogP contribution in [0.15, 0.2) is 0 Å². The van der Waals surface area contributed by atoms with Crippen molar-refractivity contribution in [3.8, 4) is 0 Å². The second-order valence-electron chi connectivity index (χ2n) is 0.136. The van der Waals surface area contributed by atoms with Crippen molar-refractivity contribution in [2.75, 3.05) is 0 Å². The molecule has 0 saturated heterocycles. The van der Waals surface area contributed by atoms with Gasteiger partial charge < -0.3 is 7.43 Å². The fraction of sp³-hybridized carbons (Fsp3) is 0. The summed E-state index contributed by atoms with van der Waals surface area (Å²) in [5.41, 5.74) is 0. The SMILES string of the molecule is [CH3-].[I][Pt]([I])[I]. The zero-order valence-corrected chi connectivity index (χ0v) is 11.2. The van der Waals surface area contributed by atoms with Crippen LogP contribution >= 0.6 is 58.1 Å². The first-order valence-electron chi connectivity index (χ1n) is 0.359. The van der Waals surface area contributed by atoms with Crippen LogP contribution in [-0.4, -0.2) is 0 Å². The molecule has 0 aromatic rings. The molecule has 0 bridgehead atoms. The Balaban J connectivity index is 0. The Morgan fingerprint density at radius 3 is 1.00 bits per heavy atom. The molecule has 0 rings (SSSR count). The third-order valence-electron chi connectivity index (χ3n) is 0. The molecule has 0 heterocycles. The van der Waals surface area contributed by atoms with E-state index in [1.807, 2.05) is 0 Å². The van der Waals surface area contributed by atoms with E-state index in [2.05, 4.69) is 58.1 Å². The first-order valence-corrected chi connectivity index (χ1v) is 19.7. The third-order valence-corrected chi connectivity index (χ3v) is 0. The van der Waals surface area contributed by atoms with Gasteiger partial charge in [-0.1, -0.05) is 0 Å². The first kappa shape index (κ1) is 10.8. The predicted molar refractivity (Wildman–Crippen MR) is 48.5 cm³/mol. The summed E-state index contributed by atoms with van der Waals surface area (Å²) in [6, 6.07) is 0. The summed E-state index contributed by atoms with van der Waals surface area (Å²) in [6.07, 6.45) is -0.359. The van der Waals surface area contributed by atoms with Crippen molar-refractivity contribution in [1.29, 1.82) is 0 Å². The quantitative estimate of drug-likeness (QED) is 0.301. The monoisotopic (exact) mass is 591 g/mol. The van der Waals surface area contributed by atoms with Gasteiger partial charge in [0.15, 0.2) is 0 Å². The molecule has 0 amide bonds. The summed E-state index contributed by atoms with van der Waals surface area (Å²) in [7, 11) is 0. The molecule has 0 nitrogen and oxygen atoms in total. The Labute approximate surface area is 69.9 Å². The molecule has 0 aliphatic rings. The van der Waals surface area contributed by atoms with Crippen LogP contribution in [0.3, 0.4) is 0 Å². The Morgan fingerprint density at radius 2 is 1.00 bits per heavy atom. The Bertz CT molecular complexity index is 11.6. The van der Waals surface area contributed by atoms with Gasteiger partial charge in [0.2, 0.25) is 0 Å². The third kappa shape index (κ3) is 19.8. The fourth-order valence-corrected chi connectivity index (χ4v) is 0. The summed E-state index contributed by atoms with van der Waals surface area (Å²) in [5, 5.41) is 0. The van der Waals surface area contributed by atoms with Gasteiger partial charge >= 0.3 is 64.3 Å². The molecule has 0 radical (unpaired) electrons. The fourth-order valence-electron chi connectivity index (χ4n) is 0. The molecule has 5 heavy (non-hydrogen) atoms. The van der Waals surface area contributed by atoms with Gasteiger partial charge in [-0.15, -0.1) is 0 Å². The summed E-state index contributed by atoms with van der Waals surface area (Å²) in [5.74, 6) is 0. The summed E-state index contributed by atoms with van der Waals surface area (Å²) < 4.78 is 0. The van der Waals surface area contributed by atoms with Crippen molar-refractivity contribution in [3.05, 3.63) is 7.43 Å². The maximum atomic E-state index is 2.47. The normalized spacial score (nSPS) is 9.00. The molecule has 0 saturated carbocycles. The van der Waals surface area contributed by atoms with Crippen molar-refractivity contribution < 1.29 is 6.27 Å². The minimum atomic E-state index is -0.359. The van der Waals surface area contributed by atoms with Crippen molar-refractivity contribution in [2.24, 2.45) is 0 Å². The van der Waals surface area contributed by atoms with E-state index in [4.69, 9.17) is 0 Å².